The number of nitrogens with zero attached hydrogens (tertiary/aromatic N) is 4. The molecule has 3 N–H and O–H groups in total. The van der Waals surface area contributed by atoms with Crippen molar-refractivity contribution in [2.45, 2.75) is 17.5 Å². The van der Waals surface area contributed by atoms with Crippen molar-refractivity contribution >= 4 is 32.6 Å². The van der Waals surface area contributed by atoms with Crippen LogP contribution in [-0.2, 0) is 14.6 Å². The Kier molecular flexibility index (Phi) is 6.07. The van der Waals surface area contributed by atoms with Gasteiger partial charge in [-0.3, -0.25) is 14.6 Å². The summed E-state index contributed by atoms with van der Waals surface area (Å²) in [6.45, 7) is 0. The minimum atomic E-state index is -3.61. The molecule has 3 heterocycles. The van der Waals surface area contributed by atoms with Crippen LogP contribution in [0.2, 0.25) is 0 Å². The lowest BCUT2D eigenvalue weighted by atomic mass is 10.0. The third-order valence-corrected chi connectivity index (χ3v) is 6.05. The summed E-state index contributed by atoms with van der Waals surface area (Å²) in [6, 6.07) is 7.54. The predicted molar refractivity (Wildman–Crippen MR) is 120 cm³/mol. The molecule has 1 atom stereocenters. The van der Waals surface area contributed by atoms with Gasteiger partial charge in [0.2, 0.25) is 5.91 Å². The fourth-order valence-corrected chi connectivity index (χ4v) is 4.05. The third kappa shape index (κ3) is 4.76. The number of nitrogens with one attached hydrogen (secondary N) is 1. The summed E-state index contributed by atoms with van der Waals surface area (Å²) in [5, 5.41) is 7.28. The first-order chi connectivity index (χ1) is 16.1. The zero-order chi connectivity index (χ0) is 24.5. The van der Waals surface area contributed by atoms with Crippen molar-refractivity contribution in [1.29, 1.82) is 0 Å². The first-order valence-corrected chi connectivity index (χ1v) is 11.9. The van der Waals surface area contributed by atoms with E-state index in [2.05, 4.69) is 20.4 Å². The Hall–Kier alpha value is -4.19. The standard InChI is InChI=1S/C22H19FN6O4S/c1-34(32,33)21-8-13(6-7-26-21)18(9-20(24)30)28-22(31)17-10-25-12-19-16(17)11-27-29(19)15-4-2-14(23)3-5-15/h2-8,10-12,18H,9H2,1H3,(H2,24,30)(H,28,31)/t18-/m0/s1. The Morgan fingerprint density at radius 1 is 1.15 bits per heavy atom. The molecule has 0 bridgehead atoms. The van der Waals surface area contributed by atoms with Gasteiger partial charge in [0, 0.05) is 24.0 Å². The maximum atomic E-state index is 13.3. The molecule has 0 aliphatic rings. The van der Waals surface area contributed by atoms with E-state index in [-0.39, 0.29) is 17.0 Å². The van der Waals surface area contributed by atoms with Gasteiger partial charge in [-0.1, -0.05) is 0 Å². The highest BCUT2D eigenvalue weighted by Crippen LogP contribution is 2.23. The van der Waals surface area contributed by atoms with Crippen LogP contribution < -0.4 is 11.1 Å². The molecule has 0 saturated heterocycles. The minimum absolute atomic E-state index is 0.178. The minimum Gasteiger partial charge on any atom is -0.370 e. The molecule has 2 amide bonds. The van der Waals surface area contributed by atoms with Gasteiger partial charge in [-0.25, -0.2) is 22.5 Å². The van der Waals surface area contributed by atoms with Crippen molar-refractivity contribution in [3.8, 4) is 5.69 Å². The highest BCUT2D eigenvalue weighted by Gasteiger charge is 2.22. The Labute approximate surface area is 193 Å². The quantitative estimate of drug-likeness (QED) is 0.407. The Balaban J connectivity index is 1.69. The van der Waals surface area contributed by atoms with Crippen LogP contribution in [0.15, 0.2) is 66.2 Å². The van der Waals surface area contributed by atoms with Gasteiger partial charge < -0.3 is 11.1 Å². The van der Waals surface area contributed by atoms with E-state index in [1.165, 1.54) is 53.7 Å². The predicted octanol–water partition coefficient (Wildman–Crippen LogP) is 1.70. The SMILES string of the molecule is CS(=O)(=O)c1cc([C@H](CC(N)=O)NC(=O)c2cncc3c2cnn3-c2ccc(F)cc2)ccn1. The lowest BCUT2D eigenvalue weighted by molar-refractivity contribution is -0.118. The number of pyridine rings is 2. The van der Waals surface area contributed by atoms with Crippen molar-refractivity contribution < 1.29 is 22.4 Å². The van der Waals surface area contributed by atoms with Crippen molar-refractivity contribution in [2.75, 3.05) is 6.26 Å². The molecular weight excluding hydrogens is 463 g/mol. The van der Waals surface area contributed by atoms with E-state index in [4.69, 9.17) is 5.73 Å². The lowest BCUT2D eigenvalue weighted by Gasteiger charge is -2.18. The number of carbonyl (C=O) groups excluding carboxylic acids is 2. The summed E-state index contributed by atoms with van der Waals surface area (Å²) in [7, 11) is -3.61. The molecule has 34 heavy (non-hydrogen) atoms. The Morgan fingerprint density at radius 2 is 1.88 bits per heavy atom. The second-order valence-corrected chi connectivity index (χ2v) is 9.51. The van der Waals surface area contributed by atoms with Gasteiger partial charge >= 0.3 is 0 Å². The molecule has 0 radical (unpaired) electrons. The fraction of sp³-hybridized carbons (Fsp3) is 0.136. The molecule has 0 saturated carbocycles. The van der Waals surface area contributed by atoms with Crippen LogP contribution in [0, 0.1) is 5.82 Å². The van der Waals surface area contributed by atoms with Gasteiger partial charge in [0.15, 0.2) is 14.9 Å². The molecule has 4 rings (SSSR count). The van der Waals surface area contributed by atoms with Gasteiger partial charge in [-0.15, -0.1) is 0 Å². The van der Waals surface area contributed by atoms with Gasteiger partial charge in [-0.05, 0) is 42.0 Å². The molecule has 174 valence electrons. The fourth-order valence-electron chi connectivity index (χ4n) is 3.44. The van der Waals surface area contributed by atoms with Crippen LogP contribution in [0.5, 0.6) is 0 Å². The smallest absolute Gasteiger partial charge is 0.254 e. The summed E-state index contributed by atoms with van der Waals surface area (Å²) in [6.07, 6.45) is 6.37. The van der Waals surface area contributed by atoms with E-state index >= 15 is 0 Å². The number of sulfone groups is 1. The summed E-state index contributed by atoms with van der Waals surface area (Å²) in [5.74, 6) is -1.65. The van der Waals surface area contributed by atoms with Crippen LogP contribution in [0.4, 0.5) is 4.39 Å². The highest BCUT2D eigenvalue weighted by atomic mass is 32.2. The molecule has 0 fully saturated rings. The van der Waals surface area contributed by atoms with E-state index in [0.29, 0.717) is 22.2 Å². The maximum Gasteiger partial charge on any atom is 0.254 e. The van der Waals surface area contributed by atoms with Crippen LogP contribution >= 0.6 is 0 Å². The third-order valence-electron chi connectivity index (χ3n) is 5.06. The second-order valence-electron chi connectivity index (χ2n) is 7.55. The largest absolute Gasteiger partial charge is 0.370 e. The molecule has 0 unspecified atom stereocenters. The Morgan fingerprint density at radius 3 is 2.56 bits per heavy atom. The summed E-state index contributed by atoms with van der Waals surface area (Å²) in [5.41, 5.74) is 6.98. The second kappa shape index (κ2) is 8.98. The van der Waals surface area contributed by atoms with Crippen LogP contribution in [0.25, 0.3) is 16.6 Å². The van der Waals surface area contributed by atoms with Crippen molar-refractivity contribution in [2.24, 2.45) is 5.73 Å². The van der Waals surface area contributed by atoms with Gasteiger partial charge in [-0.2, -0.15) is 5.10 Å². The Bertz CT molecular complexity index is 1500. The number of halogens is 1. The van der Waals surface area contributed by atoms with Crippen LogP contribution in [0.1, 0.15) is 28.4 Å². The number of hydrogen-bond acceptors (Lipinski definition) is 7. The van der Waals surface area contributed by atoms with E-state index in [1.54, 1.807) is 12.1 Å². The summed E-state index contributed by atoms with van der Waals surface area (Å²) in [4.78, 5) is 32.8. The number of aromatic nitrogens is 4. The number of primary amides is 1. The monoisotopic (exact) mass is 482 g/mol. The van der Waals surface area contributed by atoms with Crippen molar-refractivity contribution in [3.63, 3.8) is 0 Å². The number of fused-ring (bicyclic) bond motifs is 1. The number of rotatable bonds is 7. The molecule has 3 aromatic heterocycles. The topological polar surface area (TPSA) is 150 Å². The molecule has 0 aliphatic carbocycles. The normalized spacial score (nSPS) is 12.4. The number of hydrogen-bond donors (Lipinski definition) is 2. The van der Waals surface area contributed by atoms with E-state index in [9.17, 15) is 22.4 Å². The number of amides is 2. The molecule has 0 aliphatic heterocycles. The molecule has 4 aromatic rings. The summed E-state index contributed by atoms with van der Waals surface area (Å²) >= 11 is 0. The first-order valence-electron chi connectivity index (χ1n) is 9.96. The van der Waals surface area contributed by atoms with E-state index in [1.807, 2.05) is 0 Å². The van der Waals surface area contributed by atoms with Gasteiger partial charge in [0.25, 0.3) is 5.91 Å². The average Bonchev–Trinajstić information content (AvgIpc) is 3.22. The van der Waals surface area contributed by atoms with Gasteiger partial charge in [0.1, 0.15) is 5.82 Å². The average molecular weight is 482 g/mol. The van der Waals surface area contributed by atoms with Gasteiger partial charge in [0.05, 0.1) is 41.6 Å². The number of benzene rings is 1. The maximum absolute atomic E-state index is 13.3. The van der Waals surface area contributed by atoms with Crippen LogP contribution in [-0.4, -0.2) is 46.2 Å². The molecule has 12 heteroatoms. The highest BCUT2D eigenvalue weighted by molar-refractivity contribution is 7.90. The molecule has 10 nitrogen and oxygen atoms in total. The van der Waals surface area contributed by atoms with E-state index in [0.717, 1.165) is 6.26 Å². The summed E-state index contributed by atoms with van der Waals surface area (Å²) < 4.78 is 38.6. The van der Waals surface area contributed by atoms with Crippen LogP contribution in [0.3, 0.4) is 0 Å². The first kappa shape index (κ1) is 23.0. The number of nitrogens with two attached hydrogens (primary N) is 1. The molecule has 1 aromatic carbocycles. The van der Waals surface area contributed by atoms with Crippen molar-refractivity contribution in [3.05, 3.63) is 78.1 Å². The van der Waals surface area contributed by atoms with E-state index < -0.39 is 33.5 Å². The zero-order valence-electron chi connectivity index (χ0n) is 17.8. The number of carbonyl (C=O) groups is 2. The molecular formula is C22H19FN6O4S. The zero-order valence-corrected chi connectivity index (χ0v) is 18.7. The molecule has 0 spiro atoms. The van der Waals surface area contributed by atoms with Crippen molar-refractivity contribution in [1.82, 2.24) is 25.1 Å². The lowest BCUT2D eigenvalue weighted by Crippen LogP contribution is -2.32.